The first kappa shape index (κ1) is 9.92. The van der Waals surface area contributed by atoms with E-state index in [0.29, 0.717) is 13.1 Å². The number of hydrogen-bond acceptors (Lipinski definition) is 4. The Labute approximate surface area is 73.1 Å². The van der Waals surface area contributed by atoms with Crippen LogP contribution < -0.4 is 11.1 Å². The number of aliphatic hydroxyl groups is 1. The Bertz CT molecular complexity index is 116. The van der Waals surface area contributed by atoms with Gasteiger partial charge in [-0.25, -0.2) is 0 Å². The van der Waals surface area contributed by atoms with Gasteiger partial charge in [0.15, 0.2) is 0 Å². The average Bonchev–Trinajstić information content (AvgIpc) is 2.59. The molecule has 0 aromatic heterocycles. The van der Waals surface area contributed by atoms with Crippen molar-refractivity contribution in [1.82, 2.24) is 5.32 Å². The lowest BCUT2D eigenvalue weighted by molar-refractivity contribution is 0.0790. The zero-order valence-corrected chi connectivity index (χ0v) is 7.33. The van der Waals surface area contributed by atoms with Gasteiger partial charge >= 0.3 is 0 Å². The highest BCUT2D eigenvalue weighted by Gasteiger charge is 2.23. The van der Waals surface area contributed by atoms with E-state index in [0.717, 1.165) is 19.4 Å². The summed E-state index contributed by atoms with van der Waals surface area (Å²) in [5.74, 6) is 0. The standard InChI is InChI=1S/C8H18N2O2/c9-6-7(10-3-4-11)8-2-1-5-12-8/h7-8,10-11H,1-6,9H2. The fourth-order valence-corrected chi connectivity index (χ4v) is 1.54. The van der Waals surface area contributed by atoms with Gasteiger partial charge in [0, 0.05) is 25.7 Å². The van der Waals surface area contributed by atoms with Crippen molar-refractivity contribution < 1.29 is 9.84 Å². The molecule has 4 N–H and O–H groups in total. The topological polar surface area (TPSA) is 67.5 Å². The number of rotatable bonds is 5. The Morgan fingerprint density at radius 1 is 1.67 bits per heavy atom. The molecule has 1 rings (SSSR count). The zero-order chi connectivity index (χ0) is 8.81. The van der Waals surface area contributed by atoms with E-state index in [1.807, 2.05) is 0 Å². The van der Waals surface area contributed by atoms with E-state index < -0.39 is 0 Å². The van der Waals surface area contributed by atoms with Crippen LogP contribution >= 0.6 is 0 Å². The van der Waals surface area contributed by atoms with Gasteiger partial charge in [-0.2, -0.15) is 0 Å². The summed E-state index contributed by atoms with van der Waals surface area (Å²) >= 11 is 0. The third-order valence-electron chi connectivity index (χ3n) is 2.19. The quantitative estimate of drug-likeness (QED) is 0.504. The molecular formula is C8H18N2O2. The second-order valence-corrected chi connectivity index (χ2v) is 3.07. The van der Waals surface area contributed by atoms with E-state index >= 15 is 0 Å². The van der Waals surface area contributed by atoms with Crippen LogP contribution in [0.4, 0.5) is 0 Å². The molecule has 0 saturated carbocycles. The molecule has 1 fully saturated rings. The molecule has 4 heteroatoms. The third-order valence-corrected chi connectivity index (χ3v) is 2.19. The fourth-order valence-electron chi connectivity index (χ4n) is 1.54. The molecule has 2 atom stereocenters. The summed E-state index contributed by atoms with van der Waals surface area (Å²) in [6, 6.07) is 0.208. The van der Waals surface area contributed by atoms with Crippen LogP contribution in [0.15, 0.2) is 0 Å². The molecule has 1 aliphatic heterocycles. The molecule has 0 aromatic carbocycles. The van der Waals surface area contributed by atoms with Crippen LogP contribution in [0.3, 0.4) is 0 Å². The van der Waals surface area contributed by atoms with Gasteiger partial charge < -0.3 is 20.9 Å². The fraction of sp³-hybridized carbons (Fsp3) is 1.00. The van der Waals surface area contributed by atoms with Crippen molar-refractivity contribution >= 4 is 0 Å². The van der Waals surface area contributed by atoms with Crippen molar-refractivity contribution in [3.8, 4) is 0 Å². The Hall–Kier alpha value is -0.160. The lowest BCUT2D eigenvalue weighted by Crippen LogP contribution is -2.46. The van der Waals surface area contributed by atoms with Crippen molar-refractivity contribution in [3.63, 3.8) is 0 Å². The van der Waals surface area contributed by atoms with Gasteiger partial charge in [-0.1, -0.05) is 0 Å². The summed E-state index contributed by atoms with van der Waals surface area (Å²) in [5.41, 5.74) is 5.57. The molecule has 0 bridgehead atoms. The van der Waals surface area contributed by atoms with Crippen LogP contribution in [0.25, 0.3) is 0 Å². The lowest BCUT2D eigenvalue weighted by atomic mass is 10.1. The third kappa shape index (κ3) is 2.71. The van der Waals surface area contributed by atoms with Crippen molar-refractivity contribution in [2.75, 3.05) is 26.3 Å². The van der Waals surface area contributed by atoms with Gasteiger partial charge in [0.1, 0.15) is 0 Å². The number of hydrogen-bond donors (Lipinski definition) is 3. The SMILES string of the molecule is NCC(NCCO)C1CCCO1. The van der Waals surface area contributed by atoms with E-state index in [4.69, 9.17) is 15.6 Å². The Morgan fingerprint density at radius 2 is 2.50 bits per heavy atom. The highest BCUT2D eigenvalue weighted by Crippen LogP contribution is 2.14. The van der Waals surface area contributed by atoms with Gasteiger partial charge in [-0.3, -0.25) is 0 Å². The maximum atomic E-state index is 8.61. The van der Waals surface area contributed by atoms with Crippen LogP contribution in [-0.4, -0.2) is 43.6 Å². The van der Waals surface area contributed by atoms with Crippen molar-refractivity contribution in [1.29, 1.82) is 0 Å². The number of ether oxygens (including phenoxy) is 1. The smallest absolute Gasteiger partial charge is 0.0741 e. The molecule has 4 nitrogen and oxygen atoms in total. The van der Waals surface area contributed by atoms with Gasteiger partial charge in [0.05, 0.1) is 12.7 Å². The Balaban J connectivity index is 2.22. The van der Waals surface area contributed by atoms with E-state index in [9.17, 15) is 0 Å². The molecule has 1 heterocycles. The molecule has 0 amide bonds. The van der Waals surface area contributed by atoms with E-state index in [1.165, 1.54) is 0 Å². The normalized spacial score (nSPS) is 26.0. The van der Waals surface area contributed by atoms with Gasteiger partial charge in [0.25, 0.3) is 0 Å². The van der Waals surface area contributed by atoms with Crippen LogP contribution in [0.2, 0.25) is 0 Å². The van der Waals surface area contributed by atoms with Crippen LogP contribution in [0.5, 0.6) is 0 Å². The zero-order valence-electron chi connectivity index (χ0n) is 7.33. The first-order valence-electron chi connectivity index (χ1n) is 4.54. The first-order chi connectivity index (χ1) is 5.88. The predicted molar refractivity (Wildman–Crippen MR) is 46.9 cm³/mol. The Kier molecular flexibility index (Phi) is 4.53. The van der Waals surface area contributed by atoms with E-state index in [2.05, 4.69) is 5.32 Å². The molecule has 1 aliphatic rings. The number of nitrogens with two attached hydrogens (primary N) is 1. The first-order valence-corrected chi connectivity index (χ1v) is 4.54. The van der Waals surface area contributed by atoms with Crippen molar-refractivity contribution in [2.45, 2.75) is 25.0 Å². The van der Waals surface area contributed by atoms with E-state index in [-0.39, 0.29) is 18.8 Å². The maximum absolute atomic E-state index is 8.61. The predicted octanol–water partition coefficient (Wildman–Crippen LogP) is -0.925. The average molecular weight is 174 g/mol. The van der Waals surface area contributed by atoms with Crippen LogP contribution in [0.1, 0.15) is 12.8 Å². The summed E-state index contributed by atoms with van der Waals surface area (Å²) in [6.45, 7) is 2.18. The molecular weight excluding hydrogens is 156 g/mol. The summed E-state index contributed by atoms with van der Waals surface area (Å²) < 4.78 is 5.48. The van der Waals surface area contributed by atoms with Crippen LogP contribution in [-0.2, 0) is 4.74 Å². The largest absolute Gasteiger partial charge is 0.395 e. The molecule has 1 saturated heterocycles. The number of nitrogens with one attached hydrogen (secondary N) is 1. The van der Waals surface area contributed by atoms with Gasteiger partial charge in [-0.05, 0) is 12.8 Å². The highest BCUT2D eigenvalue weighted by atomic mass is 16.5. The van der Waals surface area contributed by atoms with Crippen molar-refractivity contribution in [2.24, 2.45) is 5.73 Å². The molecule has 72 valence electrons. The second kappa shape index (κ2) is 5.48. The minimum absolute atomic E-state index is 0.156. The summed E-state index contributed by atoms with van der Waals surface area (Å²) in [5, 5.41) is 11.8. The maximum Gasteiger partial charge on any atom is 0.0741 e. The minimum Gasteiger partial charge on any atom is -0.395 e. The van der Waals surface area contributed by atoms with E-state index in [1.54, 1.807) is 0 Å². The Morgan fingerprint density at radius 3 is 3.00 bits per heavy atom. The highest BCUT2D eigenvalue weighted by molar-refractivity contribution is 4.80. The molecule has 0 aliphatic carbocycles. The molecule has 0 spiro atoms. The molecule has 0 aromatic rings. The molecule has 0 radical (unpaired) electrons. The minimum atomic E-state index is 0.156. The van der Waals surface area contributed by atoms with Crippen LogP contribution in [0, 0.1) is 0 Å². The molecule has 2 unspecified atom stereocenters. The van der Waals surface area contributed by atoms with Crippen molar-refractivity contribution in [3.05, 3.63) is 0 Å². The van der Waals surface area contributed by atoms with Gasteiger partial charge in [-0.15, -0.1) is 0 Å². The molecule has 12 heavy (non-hydrogen) atoms. The lowest BCUT2D eigenvalue weighted by Gasteiger charge is -2.22. The van der Waals surface area contributed by atoms with Gasteiger partial charge in [0.2, 0.25) is 0 Å². The second-order valence-electron chi connectivity index (χ2n) is 3.07. The monoisotopic (exact) mass is 174 g/mol. The summed E-state index contributed by atoms with van der Waals surface area (Å²) in [6.07, 6.45) is 2.46. The number of aliphatic hydroxyl groups excluding tert-OH is 1. The summed E-state index contributed by atoms with van der Waals surface area (Å²) in [4.78, 5) is 0. The summed E-state index contributed by atoms with van der Waals surface area (Å²) in [7, 11) is 0.